The van der Waals surface area contributed by atoms with Crippen molar-refractivity contribution in [3.63, 3.8) is 0 Å². The van der Waals surface area contributed by atoms with Crippen molar-refractivity contribution in [2.75, 3.05) is 6.54 Å². The summed E-state index contributed by atoms with van der Waals surface area (Å²) in [6.45, 7) is 8.51. The monoisotopic (exact) mass is 224 g/mol. The Bertz CT molecular complexity index is 298. The second kappa shape index (κ2) is 7.10. The molecule has 0 aliphatic rings. The third-order valence-corrected chi connectivity index (χ3v) is 3.81. The van der Waals surface area contributed by atoms with Gasteiger partial charge in [-0.15, -0.1) is 0 Å². The Morgan fingerprint density at radius 2 is 1.69 bits per heavy atom. The minimum absolute atomic E-state index is 0.0861. The Morgan fingerprint density at radius 1 is 1.12 bits per heavy atom. The average Bonchev–Trinajstić information content (AvgIpc) is 2.31. The zero-order valence-electron chi connectivity index (χ0n) is 10.5. The first-order valence-electron chi connectivity index (χ1n) is 5.68. The van der Waals surface area contributed by atoms with E-state index in [4.69, 9.17) is 0 Å². The molecule has 0 amide bonds. The summed E-state index contributed by atoms with van der Waals surface area (Å²) in [4.78, 5) is 27.9. The van der Waals surface area contributed by atoms with Crippen LogP contribution in [-0.4, -0.2) is 24.7 Å². The van der Waals surface area contributed by atoms with Crippen LogP contribution in [0.25, 0.3) is 0 Å². The van der Waals surface area contributed by atoms with E-state index in [1.807, 2.05) is 13.8 Å². The molecule has 0 radical (unpaired) electrons. The summed E-state index contributed by atoms with van der Waals surface area (Å²) in [5.41, 5.74) is -0.0861. The highest BCUT2D eigenvalue weighted by Gasteiger charge is 2.35. The molecule has 0 aromatic carbocycles. The number of rotatable bonds is 7. The molecule has 0 rings (SSSR count). The van der Waals surface area contributed by atoms with E-state index in [0.29, 0.717) is 6.54 Å². The first-order chi connectivity index (χ1) is 7.57. The van der Waals surface area contributed by atoms with Crippen molar-refractivity contribution >= 4 is 12.2 Å². The summed E-state index contributed by atoms with van der Waals surface area (Å²) < 4.78 is 0. The first-order valence-corrected chi connectivity index (χ1v) is 5.68. The molecule has 0 fully saturated rings. The van der Waals surface area contributed by atoms with Gasteiger partial charge in [-0.25, -0.2) is 19.6 Å². The van der Waals surface area contributed by atoms with E-state index < -0.39 is 0 Å². The number of nitrogens with zero attached hydrogens (tertiary/aromatic N) is 2. The van der Waals surface area contributed by atoms with Gasteiger partial charge in [0.1, 0.15) is 0 Å². The number of aliphatic imine (C=N–C) groups is 2. The van der Waals surface area contributed by atoms with Gasteiger partial charge in [-0.2, -0.15) is 0 Å². The third kappa shape index (κ3) is 3.41. The predicted molar refractivity (Wildman–Crippen MR) is 62.8 cm³/mol. The molecule has 90 valence electrons. The smallest absolute Gasteiger partial charge is 0.211 e. The van der Waals surface area contributed by atoms with Crippen molar-refractivity contribution in [3.8, 4) is 0 Å². The maximum atomic E-state index is 10.3. The van der Waals surface area contributed by atoms with Crippen molar-refractivity contribution in [3.05, 3.63) is 0 Å². The van der Waals surface area contributed by atoms with E-state index in [2.05, 4.69) is 23.8 Å². The fourth-order valence-electron chi connectivity index (χ4n) is 2.16. The van der Waals surface area contributed by atoms with Gasteiger partial charge in [-0.1, -0.05) is 20.8 Å². The second-order valence-corrected chi connectivity index (χ2v) is 4.23. The normalized spacial score (nSPS) is 14.5. The highest BCUT2D eigenvalue weighted by Crippen LogP contribution is 2.38. The summed E-state index contributed by atoms with van der Waals surface area (Å²) in [5.74, 6) is 0.182. The van der Waals surface area contributed by atoms with Gasteiger partial charge < -0.3 is 0 Å². The second-order valence-electron chi connectivity index (χ2n) is 4.23. The van der Waals surface area contributed by atoms with Gasteiger partial charge in [0.05, 0.1) is 12.6 Å². The van der Waals surface area contributed by atoms with Gasteiger partial charge in [0.15, 0.2) is 0 Å². The molecule has 0 aromatic rings. The van der Waals surface area contributed by atoms with Gasteiger partial charge in [-0.05, 0) is 31.1 Å². The molecular formula is C12H20N2O2. The maximum absolute atomic E-state index is 10.3. The van der Waals surface area contributed by atoms with Crippen LogP contribution in [0.4, 0.5) is 0 Å². The summed E-state index contributed by atoms with van der Waals surface area (Å²) in [5, 5.41) is 0. The third-order valence-electron chi connectivity index (χ3n) is 3.81. The number of isocyanates is 2. The molecule has 0 saturated heterocycles. The molecule has 4 nitrogen and oxygen atoms in total. The van der Waals surface area contributed by atoms with Crippen LogP contribution in [0, 0.1) is 11.3 Å². The van der Waals surface area contributed by atoms with Crippen molar-refractivity contribution in [2.24, 2.45) is 21.3 Å². The van der Waals surface area contributed by atoms with Crippen LogP contribution in [0.3, 0.4) is 0 Å². The van der Waals surface area contributed by atoms with Crippen LogP contribution >= 0.6 is 0 Å². The molecule has 0 aliphatic carbocycles. The Hall–Kier alpha value is -1.24. The Labute approximate surface area is 96.9 Å². The minimum atomic E-state index is -0.0979. The SMILES string of the molecule is CCC(CC)(CN=C=O)C(C)C(C)N=C=O. The topological polar surface area (TPSA) is 58.9 Å². The van der Waals surface area contributed by atoms with Gasteiger partial charge in [-0.3, -0.25) is 0 Å². The summed E-state index contributed by atoms with van der Waals surface area (Å²) in [6, 6.07) is -0.0979. The molecule has 0 aliphatic heterocycles. The Kier molecular flexibility index (Phi) is 6.55. The van der Waals surface area contributed by atoms with Crippen LogP contribution in [-0.2, 0) is 9.59 Å². The highest BCUT2D eigenvalue weighted by atomic mass is 16.1. The lowest BCUT2D eigenvalue weighted by atomic mass is 9.69. The molecule has 2 unspecified atom stereocenters. The zero-order valence-corrected chi connectivity index (χ0v) is 10.5. The Morgan fingerprint density at radius 3 is 2.06 bits per heavy atom. The lowest BCUT2D eigenvalue weighted by molar-refractivity contribution is 0.147. The van der Waals surface area contributed by atoms with Crippen molar-refractivity contribution in [1.82, 2.24) is 0 Å². The first kappa shape index (κ1) is 14.8. The number of carbonyl (C=O) groups excluding carboxylic acids is 2. The van der Waals surface area contributed by atoms with Crippen LogP contribution in [0.1, 0.15) is 40.5 Å². The fourth-order valence-corrected chi connectivity index (χ4v) is 2.16. The van der Waals surface area contributed by atoms with Crippen molar-refractivity contribution in [1.29, 1.82) is 0 Å². The molecule has 2 atom stereocenters. The van der Waals surface area contributed by atoms with Crippen LogP contribution in [0.5, 0.6) is 0 Å². The van der Waals surface area contributed by atoms with Crippen molar-refractivity contribution in [2.45, 2.75) is 46.6 Å². The van der Waals surface area contributed by atoms with Crippen LogP contribution in [0.15, 0.2) is 9.98 Å². The van der Waals surface area contributed by atoms with Gasteiger partial charge in [0.25, 0.3) is 0 Å². The Balaban J connectivity index is 4.99. The molecular weight excluding hydrogens is 204 g/mol. The van der Waals surface area contributed by atoms with Crippen LogP contribution in [0.2, 0.25) is 0 Å². The van der Waals surface area contributed by atoms with Crippen LogP contribution < -0.4 is 0 Å². The number of hydrogen-bond acceptors (Lipinski definition) is 4. The minimum Gasteiger partial charge on any atom is -0.211 e. The van der Waals surface area contributed by atoms with E-state index in [0.717, 1.165) is 12.8 Å². The standard InChI is InChI=1S/C12H20N2O2/c1-5-12(6-2,7-13-8-15)10(3)11(4)14-9-16/h10-11H,5-7H2,1-4H3. The lowest BCUT2D eigenvalue weighted by Crippen LogP contribution is -2.36. The number of hydrogen-bond donors (Lipinski definition) is 0. The molecule has 0 spiro atoms. The van der Waals surface area contributed by atoms with Gasteiger partial charge in [0.2, 0.25) is 12.2 Å². The molecule has 0 heterocycles. The summed E-state index contributed by atoms with van der Waals surface area (Å²) in [6.07, 6.45) is 4.97. The predicted octanol–water partition coefficient (Wildman–Crippen LogP) is 2.49. The lowest BCUT2D eigenvalue weighted by Gasteiger charge is -2.37. The fraction of sp³-hybridized carbons (Fsp3) is 0.833. The van der Waals surface area contributed by atoms with Crippen molar-refractivity contribution < 1.29 is 9.59 Å². The van der Waals surface area contributed by atoms with Gasteiger partial charge in [0, 0.05) is 0 Å². The molecule has 0 N–H and O–H groups in total. The van der Waals surface area contributed by atoms with E-state index in [1.54, 1.807) is 12.2 Å². The summed E-state index contributed by atoms with van der Waals surface area (Å²) >= 11 is 0. The quantitative estimate of drug-likeness (QED) is 0.492. The molecule has 4 heteroatoms. The highest BCUT2D eigenvalue weighted by molar-refractivity contribution is 5.34. The average molecular weight is 224 g/mol. The van der Waals surface area contributed by atoms with E-state index in [1.165, 1.54) is 0 Å². The van der Waals surface area contributed by atoms with Gasteiger partial charge >= 0.3 is 0 Å². The zero-order chi connectivity index (χ0) is 12.6. The molecule has 0 bridgehead atoms. The van der Waals surface area contributed by atoms with E-state index >= 15 is 0 Å². The molecule has 0 saturated carbocycles. The van der Waals surface area contributed by atoms with E-state index in [9.17, 15) is 9.59 Å². The largest absolute Gasteiger partial charge is 0.235 e. The maximum Gasteiger partial charge on any atom is 0.235 e. The summed E-state index contributed by atoms with van der Waals surface area (Å²) in [7, 11) is 0. The molecule has 16 heavy (non-hydrogen) atoms. The molecule has 0 aromatic heterocycles. The van der Waals surface area contributed by atoms with E-state index in [-0.39, 0.29) is 17.4 Å².